The lowest BCUT2D eigenvalue weighted by molar-refractivity contribution is -0.144. The minimum atomic E-state index is -2.94. The van der Waals surface area contributed by atoms with E-state index in [1.165, 1.54) is 0 Å². The molecule has 0 aliphatic heterocycles. The summed E-state index contributed by atoms with van der Waals surface area (Å²) in [6, 6.07) is 9.21. The summed E-state index contributed by atoms with van der Waals surface area (Å²) in [7, 11) is -2.94. The first-order chi connectivity index (χ1) is 10.2. The van der Waals surface area contributed by atoms with Crippen LogP contribution >= 0.6 is 7.37 Å². The second-order valence-corrected chi connectivity index (χ2v) is 9.81. The minimum absolute atomic E-state index is 0.0238. The van der Waals surface area contributed by atoms with Crippen LogP contribution in [0.3, 0.4) is 0 Å². The molecule has 1 aromatic carbocycles. The van der Waals surface area contributed by atoms with E-state index in [0.717, 1.165) is 0 Å². The van der Waals surface area contributed by atoms with E-state index in [1.54, 1.807) is 19.1 Å². The van der Waals surface area contributed by atoms with Crippen LogP contribution in [0.4, 0.5) is 0 Å². The lowest BCUT2D eigenvalue weighted by atomic mass is 10.2. The molecule has 0 N–H and O–H groups in total. The number of para-hydroxylation sites is 1. The summed E-state index contributed by atoms with van der Waals surface area (Å²) in [4.78, 5) is 11.2. The molecule has 0 spiro atoms. The molecule has 2 atom stereocenters. The highest BCUT2D eigenvalue weighted by Crippen LogP contribution is 2.59. The third kappa shape index (κ3) is 5.49. The van der Waals surface area contributed by atoms with Crippen molar-refractivity contribution in [2.75, 3.05) is 12.8 Å². The first-order valence-electron chi connectivity index (χ1n) is 7.67. The van der Waals surface area contributed by atoms with Crippen molar-refractivity contribution >= 4 is 13.3 Å². The van der Waals surface area contributed by atoms with Crippen LogP contribution in [0.25, 0.3) is 0 Å². The van der Waals surface area contributed by atoms with E-state index in [9.17, 15) is 9.36 Å². The number of rotatable bonds is 7. The van der Waals surface area contributed by atoms with E-state index < -0.39 is 12.5 Å². The van der Waals surface area contributed by atoms with Crippen LogP contribution < -0.4 is 4.52 Å². The SMILES string of the molecule is CCC(=O)OC[C@H](C)CP(=O)(Oc1ccccc1)C(C)(C)C. The van der Waals surface area contributed by atoms with Crippen molar-refractivity contribution in [1.29, 1.82) is 0 Å². The highest BCUT2D eigenvalue weighted by Gasteiger charge is 2.40. The molecule has 1 aromatic rings. The van der Waals surface area contributed by atoms with Crippen molar-refractivity contribution < 1.29 is 18.6 Å². The van der Waals surface area contributed by atoms with Gasteiger partial charge in [0.15, 0.2) is 0 Å². The Kier molecular flexibility index (Phi) is 6.67. The highest BCUT2D eigenvalue weighted by molar-refractivity contribution is 7.61. The van der Waals surface area contributed by atoms with Gasteiger partial charge in [0.1, 0.15) is 5.75 Å². The molecule has 0 fully saturated rings. The Bertz CT molecular complexity index is 519. The molecule has 4 nitrogen and oxygen atoms in total. The molecule has 0 aromatic heterocycles. The average molecular weight is 326 g/mol. The molecule has 22 heavy (non-hydrogen) atoms. The van der Waals surface area contributed by atoms with Gasteiger partial charge in [-0.25, -0.2) is 0 Å². The second kappa shape index (κ2) is 7.82. The number of esters is 1. The van der Waals surface area contributed by atoms with Gasteiger partial charge in [-0.05, 0) is 12.1 Å². The van der Waals surface area contributed by atoms with Crippen LogP contribution in [0.2, 0.25) is 0 Å². The first kappa shape index (κ1) is 18.8. The van der Waals surface area contributed by atoms with Gasteiger partial charge in [0, 0.05) is 23.7 Å². The van der Waals surface area contributed by atoms with E-state index in [4.69, 9.17) is 9.26 Å². The van der Waals surface area contributed by atoms with E-state index in [2.05, 4.69) is 0 Å². The lowest BCUT2D eigenvalue weighted by Gasteiger charge is -2.33. The molecule has 5 heteroatoms. The molecule has 0 saturated heterocycles. The quantitative estimate of drug-likeness (QED) is 0.537. The maximum atomic E-state index is 13.4. The van der Waals surface area contributed by atoms with Crippen LogP contribution in [0.5, 0.6) is 5.75 Å². The first-order valence-corrected chi connectivity index (χ1v) is 9.48. The van der Waals surface area contributed by atoms with Gasteiger partial charge >= 0.3 is 5.97 Å². The Morgan fingerprint density at radius 3 is 2.32 bits per heavy atom. The highest BCUT2D eigenvalue weighted by atomic mass is 31.2. The Morgan fingerprint density at radius 2 is 1.82 bits per heavy atom. The summed E-state index contributed by atoms with van der Waals surface area (Å²) >= 11 is 0. The predicted octanol–water partition coefficient (Wildman–Crippen LogP) is 4.73. The molecule has 1 rings (SSSR count). The zero-order chi connectivity index (χ0) is 16.8. The molecule has 0 bridgehead atoms. The van der Waals surface area contributed by atoms with Crippen LogP contribution in [-0.4, -0.2) is 23.9 Å². The molecular formula is C17H27O4P. The largest absolute Gasteiger partial charge is 0.465 e. The van der Waals surface area contributed by atoms with E-state index in [-0.39, 0.29) is 18.5 Å². The van der Waals surface area contributed by atoms with Crippen LogP contribution in [-0.2, 0) is 14.1 Å². The lowest BCUT2D eigenvalue weighted by Crippen LogP contribution is -2.25. The molecular weight excluding hydrogens is 299 g/mol. The second-order valence-electron chi connectivity index (χ2n) is 6.57. The Labute approximate surface area is 133 Å². The fraction of sp³-hybridized carbons (Fsp3) is 0.588. The maximum absolute atomic E-state index is 13.4. The third-order valence-electron chi connectivity index (χ3n) is 3.39. The number of benzene rings is 1. The third-order valence-corrected chi connectivity index (χ3v) is 7.04. The zero-order valence-electron chi connectivity index (χ0n) is 14.2. The van der Waals surface area contributed by atoms with Gasteiger partial charge in [-0.15, -0.1) is 0 Å². The molecule has 0 aliphatic rings. The molecule has 124 valence electrons. The molecule has 0 heterocycles. The molecule has 0 amide bonds. The van der Waals surface area contributed by atoms with Crippen LogP contribution in [0, 0.1) is 5.92 Å². The molecule has 0 saturated carbocycles. The topological polar surface area (TPSA) is 52.6 Å². The monoisotopic (exact) mass is 326 g/mol. The van der Waals surface area contributed by atoms with E-state index in [1.807, 2.05) is 45.9 Å². The Balaban J connectivity index is 2.80. The van der Waals surface area contributed by atoms with Crippen molar-refractivity contribution in [1.82, 2.24) is 0 Å². The summed E-state index contributed by atoms with van der Waals surface area (Å²) in [5.74, 6) is 0.351. The average Bonchev–Trinajstić information content (AvgIpc) is 2.44. The fourth-order valence-electron chi connectivity index (χ4n) is 1.90. The van der Waals surface area contributed by atoms with Gasteiger partial charge in [0.05, 0.1) is 6.61 Å². The van der Waals surface area contributed by atoms with Gasteiger partial charge in [0.25, 0.3) is 7.37 Å². The van der Waals surface area contributed by atoms with E-state index in [0.29, 0.717) is 18.3 Å². The van der Waals surface area contributed by atoms with Gasteiger partial charge in [-0.3, -0.25) is 9.36 Å². The summed E-state index contributed by atoms with van der Waals surface area (Å²) < 4.78 is 24.4. The summed E-state index contributed by atoms with van der Waals surface area (Å²) in [5, 5.41) is -0.480. The molecule has 0 radical (unpaired) electrons. The van der Waals surface area contributed by atoms with Gasteiger partial charge < -0.3 is 9.26 Å². The normalized spacial score (nSPS) is 15.7. The van der Waals surface area contributed by atoms with E-state index >= 15 is 0 Å². The Morgan fingerprint density at radius 1 is 1.23 bits per heavy atom. The standard InChI is InChI=1S/C17H27O4P/c1-6-16(18)20-12-14(2)13-22(19,17(3,4)5)21-15-10-8-7-9-11-15/h7-11,14H,6,12-13H2,1-5H3/t14-,22?/m0/s1. The van der Waals surface area contributed by atoms with Crippen molar-refractivity contribution in [2.45, 2.75) is 46.2 Å². The number of hydrogen-bond donors (Lipinski definition) is 0. The van der Waals surface area contributed by atoms with Crippen molar-refractivity contribution in [3.05, 3.63) is 30.3 Å². The molecule has 0 aliphatic carbocycles. The van der Waals surface area contributed by atoms with Gasteiger partial charge in [-0.1, -0.05) is 52.8 Å². The number of carbonyl (C=O) groups is 1. The Hall–Kier alpha value is -1.28. The number of ether oxygens (including phenoxy) is 1. The zero-order valence-corrected chi connectivity index (χ0v) is 15.1. The summed E-state index contributed by atoms with van der Waals surface area (Å²) in [6.07, 6.45) is 0.729. The van der Waals surface area contributed by atoms with Crippen molar-refractivity contribution in [3.63, 3.8) is 0 Å². The van der Waals surface area contributed by atoms with Crippen molar-refractivity contribution in [3.8, 4) is 5.75 Å². The summed E-state index contributed by atoms with van der Waals surface area (Å²) in [5.41, 5.74) is 0. The molecule has 1 unspecified atom stereocenters. The minimum Gasteiger partial charge on any atom is -0.465 e. The van der Waals surface area contributed by atoms with Crippen LogP contribution in [0.1, 0.15) is 41.0 Å². The number of hydrogen-bond acceptors (Lipinski definition) is 4. The maximum Gasteiger partial charge on any atom is 0.305 e. The summed E-state index contributed by atoms with van der Waals surface area (Å²) in [6.45, 7) is 9.70. The smallest absolute Gasteiger partial charge is 0.305 e. The van der Waals surface area contributed by atoms with Gasteiger partial charge in [-0.2, -0.15) is 0 Å². The fourth-order valence-corrected chi connectivity index (χ4v) is 4.18. The van der Waals surface area contributed by atoms with Crippen LogP contribution in [0.15, 0.2) is 30.3 Å². The van der Waals surface area contributed by atoms with Crippen molar-refractivity contribution in [2.24, 2.45) is 5.92 Å². The van der Waals surface area contributed by atoms with Gasteiger partial charge in [0.2, 0.25) is 0 Å². The number of carbonyl (C=O) groups excluding carboxylic acids is 1. The predicted molar refractivity (Wildman–Crippen MR) is 89.7 cm³/mol.